The van der Waals surface area contributed by atoms with Crippen LogP contribution in [0.4, 0.5) is 0 Å². The first-order valence-electron chi connectivity index (χ1n) is 11.0. The van der Waals surface area contributed by atoms with Gasteiger partial charge in [0.05, 0.1) is 17.9 Å². The molecule has 1 aliphatic heterocycles. The Morgan fingerprint density at radius 3 is 2.58 bits per heavy atom. The number of hydrogen-bond acceptors (Lipinski definition) is 3. The second-order valence-electron chi connectivity index (χ2n) is 7.84. The Kier molecular flexibility index (Phi) is 6.21. The first-order chi connectivity index (χ1) is 15.1. The summed E-state index contributed by atoms with van der Waals surface area (Å²) in [4.78, 5) is 31.1. The number of esters is 1. The van der Waals surface area contributed by atoms with Gasteiger partial charge in [0.2, 0.25) is 0 Å². The molecule has 3 aromatic rings. The molecular weight excluding hydrogens is 388 g/mol. The number of aryl methyl sites for hydroxylation is 1. The number of H-pyrrole nitrogens is 1. The third-order valence-corrected chi connectivity index (χ3v) is 5.75. The summed E-state index contributed by atoms with van der Waals surface area (Å²) in [5, 5.41) is 1.07. The van der Waals surface area contributed by atoms with Crippen molar-refractivity contribution in [2.24, 2.45) is 0 Å². The van der Waals surface area contributed by atoms with E-state index >= 15 is 0 Å². The van der Waals surface area contributed by atoms with Gasteiger partial charge in [-0.25, -0.2) is 4.79 Å². The predicted octanol–water partition coefficient (Wildman–Crippen LogP) is 5.11. The molecule has 31 heavy (non-hydrogen) atoms. The summed E-state index contributed by atoms with van der Waals surface area (Å²) in [6.07, 6.45) is 5.59. The highest BCUT2D eigenvalue weighted by atomic mass is 16.5. The highest BCUT2D eigenvalue weighted by Gasteiger charge is 2.27. The molecule has 0 atom stereocenters. The molecule has 0 radical (unpaired) electrons. The lowest BCUT2D eigenvalue weighted by atomic mass is 10.0. The van der Waals surface area contributed by atoms with E-state index in [-0.39, 0.29) is 12.5 Å². The highest BCUT2D eigenvalue weighted by Crippen LogP contribution is 2.31. The number of nitrogens with one attached hydrogen (secondary N) is 1. The molecule has 4 rings (SSSR count). The van der Waals surface area contributed by atoms with Crippen LogP contribution in [-0.2, 0) is 22.4 Å². The van der Waals surface area contributed by atoms with Crippen LogP contribution >= 0.6 is 0 Å². The van der Waals surface area contributed by atoms with Crippen LogP contribution in [0, 0.1) is 0 Å². The Bertz CT molecular complexity index is 1130. The fourth-order valence-corrected chi connectivity index (χ4v) is 4.09. The Morgan fingerprint density at radius 1 is 1.06 bits per heavy atom. The van der Waals surface area contributed by atoms with E-state index in [0.29, 0.717) is 24.1 Å². The van der Waals surface area contributed by atoms with Crippen LogP contribution in [-0.4, -0.2) is 34.9 Å². The molecule has 0 aliphatic carbocycles. The van der Waals surface area contributed by atoms with E-state index in [0.717, 1.165) is 41.4 Å². The number of aromatic nitrogens is 1. The zero-order valence-electron chi connectivity index (χ0n) is 18.1. The molecule has 0 saturated heterocycles. The number of fused-ring (bicyclic) bond motifs is 3. The number of benzene rings is 2. The number of carbonyl (C=O) groups is 2. The maximum absolute atomic E-state index is 13.3. The maximum Gasteiger partial charge on any atom is 0.341 e. The molecule has 0 unspecified atom stereocenters. The van der Waals surface area contributed by atoms with Gasteiger partial charge in [-0.05, 0) is 55.5 Å². The number of nitrogens with zero attached hydrogens (tertiary/aromatic N) is 1. The minimum absolute atomic E-state index is 0.113. The van der Waals surface area contributed by atoms with E-state index < -0.39 is 5.97 Å². The van der Waals surface area contributed by atoms with Crippen LogP contribution < -0.4 is 0 Å². The van der Waals surface area contributed by atoms with E-state index in [1.165, 1.54) is 5.56 Å². The van der Waals surface area contributed by atoms with E-state index in [2.05, 4.69) is 11.9 Å². The van der Waals surface area contributed by atoms with Gasteiger partial charge in [0.15, 0.2) is 0 Å². The van der Waals surface area contributed by atoms with Crippen LogP contribution in [0.25, 0.3) is 16.5 Å². The zero-order valence-corrected chi connectivity index (χ0v) is 18.1. The number of rotatable bonds is 6. The Morgan fingerprint density at radius 2 is 1.84 bits per heavy atom. The largest absolute Gasteiger partial charge is 0.462 e. The van der Waals surface area contributed by atoms with Crippen molar-refractivity contribution in [1.29, 1.82) is 0 Å². The van der Waals surface area contributed by atoms with E-state index in [1.807, 2.05) is 48.5 Å². The van der Waals surface area contributed by atoms with Gasteiger partial charge in [0.1, 0.15) is 0 Å². The molecule has 0 saturated carbocycles. The van der Waals surface area contributed by atoms with Crippen molar-refractivity contribution < 1.29 is 14.3 Å². The lowest BCUT2D eigenvalue weighted by Crippen LogP contribution is -2.28. The van der Waals surface area contributed by atoms with E-state index in [9.17, 15) is 9.59 Å². The first kappa shape index (κ1) is 20.9. The molecule has 5 nitrogen and oxygen atoms in total. The fourth-order valence-electron chi connectivity index (χ4n) is 4.09. The number of carbonyl (C=O) groups excluding carboxylic acids is 2. The third kappa shape index (κ3) is 4.26. The number of unbranched alkanes of at least 4 members (excludes halogenated alkanes) is 1. The summed E-state index contributed by atoms with van der Waals surface area (Å²) >= 11 is 0. The SMILES string of the molecule is CCCCc1ccc(C(=O)N2C=C(C(=O)OCC)c3[nH]c4ccccc4c3CC2)cc1. The molecule has 0 spiro atoms. The monoisotopic (exact) mass is 416 g/mol. The van der Waals surface area contributed by atoms with Crippen LogP contribution in [0.3, 0.4) is 0 Å². The summed E-state index contributed by atoms with van der Waals surface area (Å²) in [5.74, 6) is -0.539. The lowest BCUT2D eigenvalue weighted by molar-refractivity contribution is -0.136. The lowest BCUT2D eigenvalue weighted by Gasteiger charge is -2.18. The van der Waals surface area contributed by atoms with Gasteiger partial charge in [-0.15, -0.1) is 0 Å². The number of ether oxygens (including phenoxy) is 1. The molecule has 5 heteroatoms. The first-order valence-corrected chi connectivity index (χ1v) is 11.0. The molecule has 1 amide bonds. The molecule has 2 aromatic carbocycles. The van der Waals surface area contributed by atoms with Crippen molar-refractivity contribution in [3.8, 4) is 0 Å². The Labute approximate surface area is 182 Å². The molecule has 1 aliphatic rings. The van der Waals surface area contributed by atoms with Gasteiger partial charge < -0.3 is 14.6 Å². The Balaban J connectivity index is 1.68. The summed E-state index contributed by atoms with van der Waals surface area (Å²) in [7, 11) is 0. The molecule has 1 aromatic heterocycles. The van der Waals surface area contributed by atoms with Crippen molar-refractivity contribution in [1.82, 2.24) is 9.88 Å². The number of hydrogen-bond donors (Lipinski definition) is 1. The summed E-state index contributed by atoms with van der Waals surface area (Å²) in [6, 6.07) is 15.8. The molecule has 2 heterocycles. The van der Waals surface area contributed by atoms with Gasteiger partial charge in [-0.2, -0.15) is 0 Å². The van der Waals surface area contributed by atoms with Gasteiger partial charge in [-0.1, -0.05) is 43.7 Å². The van der Waals surface area contributed by atoms with Crippen LogP contribution in [0.5, 0.6) is 0 Å². The van der Waals surface area contributed by atoms with Crippen molar-refractivity contribution in [2.75, 3.05) is 13.2 Å². The second kappa shape index (κ2) is 9.21. The molecule has 0 bridgehead atoms. The highest BCUT2D eigenvalue weighted by molar-refractivity contribution is 6.18. The van der Waals surface area contributed by atoms with Crippen molar-refractivity contribution in [2.45, 2.75) is 39.5 Å². The maximum atomic E-state index is 13.3. The molecule has 1 N–H and O–H groups in total. The predicted molar refractivity (Wildman–Crippen MR) is 123 cm³/mol. The minimum Gasteiger partial charge on any atom is -0.462 e. The topological polar surface area (TPSA) is 62.4 Å². The van der Waals surface area contributed by atoms with Crippen LogP contribution in [0.15, 0.2) is 54.7 Å². The zero-order chi connectivity index (χ0) is 21.8. The second-order valence-corrected chi connectivity index (χ2v) is 7.84. The van der Waals surface area contributed by atoms with Crippen molar-refractivity contribution in [3.05, 3.63) is 77.1 Å². The summed E-state index contributed by atoms with van der Waals surface area (Å²) < 4.78 is 5.31. The van der Waals surface area contributed by atoms with E-state index in [4.69, 9.17) is 4.74 Å². The normalized spacial score (nSPS) is 13.5. The average molecular weight is 417 g/mol. The van der Waals surface area contributed by atoms with Gasteiger partial charge in [-0.3, -0.25) is 4.79 Å². The van der Waals surface area contributed by atoms with Gasteiger partial charge in [0.25, 0.3) is 5.91 Å². The summed E-state index contributed by atoms with van der Waals surface area (Å²) in [6.45, 7) is 4.72. The molecular formula is C26H28N2O3. The standard InChI is InChI=1S/C26H28N2O3/c1-3-5-8-18-11-13-19(14-12-18)25(29)28-16-15-21-20-9-6-7-10-23(20)27-24(21)22(17-28)26(30)31-4-2/h6-7,9-14,17,27H,3-5,8,15-16H2,1-2H3. The third-order valence-electron chi connectivity index (χ3n) is 5.75. The van der Waals surface area contributed by atoms with Gasteiger partial charge >= 0.3 is 5.97 Å². The molecule has 0 fully saturated rings. The number of amides is 1. The van der Waals surface area contributed by atoms with Crippen LogP contribution in [0.2, 0.25) is 0 Å². The van der Waals surface area contributed by atoms with Crippen molar-refractivity contribution >= 4 is 28.4 Å². The summed E-state index contributed by atoms with van der Waals surface area (Å²) in [5.41, 5.74) is 5.00. The average Bonchev–Trinajstić information content (AvgIpc) is 3.05. The smallest absolute Gasteiger partial charge is 0.341 e. The Hall–Kier alpha value is -3.34. The number of para-hydroxylation sites is 1. The molecule has 160 valence electrons. The van der Waals surface area contributed by atoms with Gasteiger partial charge in [0, 0.05) is 29.2 Å². The number of aromatic amines is 1. The minimum atomic E-state index is -0.426. The quantitative estimate of drug-likeness (QED) is 0.568. The van der Waals surface area contributed by atoms with E-state index in [1.54, 1.807) is 18.0 Å². The van der Waals surface area contributed by atoms with Crippen molar-refractivity contribution in [3.63, 3.8) is 0 Å². The fraction of sp³-hybridized carbons (Fsp3) is 0.308. The van der Waals surface area contributed by atoms with Crippen LogP contribution in [0.1, 0.15) is 53.9 Å².